The summed E-state index contributed by atoms with van der Waals surface area (Å²) >= 11 is 1.73. The van der Waals surface area contributed by atoms with Crippen LogP contribution in [0.2, 0.25) is 0 Å². The summed E-state index contributed by atoms with van der Waals surface area (Å²) in [4.78, 5) is 15.0. The third-order valence-electron chi connectivity index (χ3n) is 3.65. The standard InChI is InChI=1S/C11H17NO6S/c13-12(14)18-7-5-16-11-8(6-17-10(7)11)19-9-3-1-2-4-15-9/h7-11H,1-6H2/t7?,8-,9?,10+,11+/m0/s1. The molecule has 2 unspecified atom stereocenters. The first-order valence-corrected chi connectivity index (χ1v) is 7.50. The maximum Gasteiger partial charge on any atom is 0.294 e. The predicted octanol–water partition coefficient (Wildman–Crippen LogP) is 0.989. The van der Waals surface area contributed by atoms with Gasteiger partial charge in [0.1, 0.15) is 17.6 Å². The van der Waals surface area contributed by atoms with Crippen LogP contribution in [0.4, 0.5) is 0 Å². The van der Waals surface area contributed by atoms with Crippen molar-refractivity contribution in [3.63, 3.8) is 0 Å². The molecule has 3 fully saturated rings. The van der Waals surface area contributed by atoms with E-state index in [2.05, 4.69) is 4.84 Å². The molecule has 0 spiro atoms. The zero-order valence-corrected chi connectivity index (χ0v) is 11.3. The van der Waals surface area contributed by atoms with Crippen LogP contribution in [0.5, 0.6) is 0 Å². The Kier molecular flexibility index (Phi) is 4.11. The molecule has 0 N–H and O–H groups in total. The molecule has 0 bridgehead atoms. The highest BCUT2D eigenvalue weighted by Gasteiger charge is 2.50. The van der Waals surface area contributed by atoms with Crippen molar-refractivity contribution in [2.45, 2.75) is 48.3 Å². The molecule has 0 aromatic heterocycles. The summed E-state index contributed by atoms with van der Waals surface area (Å²) in [5.74, 6) is 0. The van der Waals surface area contributed by atoms with Crippen LogP contribution in [0.15, 0.2) is 0 Å². The second kappa shape index (κ2) is 5.82. The van der Waals surface area contributed by atoms with Gasteiger partial charge in [-0.15, -0.1) is 21.9 Å². The average molecular weight is 291 g/mol. The molecule has 5 atom stereocenters. The Hall–Kier alpha value is -0.570. The van der Waals surface area contributed by atoms with Crippen molar-refractivity contribution in [2.75, 3.05) is 19.8 Å². The lowest BCUT2D eigenvalue weighted by atomic mass is 10.1. The van der Waals surface area contributed by atoms with Crippen molar-refractivity contribution in [1.82, 2.24) is 0 Å². The van der Waals surface area contributed by atoms with Gasteiger partial charge in [0.05, 0.1) is 18.5 Å². The number of hydrogen-bond donors (Lipinski definition) is 0. The van der Waals surface area contributed by atoms with Crippen molar-refractivity contribution in [1.29, 1.82) is 0 Å². The smallest absolute Gasteiger partial charge is 0.294 e. The summed E-state index contributed by atoms with van der Waals surface area (Å²) in [5, 5.41) is 9.79. The third kappa shape index (κ3) is 2.96. The number of ether oxygens (including phenoxy) is 3. The highest BCUT2D eigenvalue weighted by molar-refractivity contribution is 8.00. The molecular formula is C11H17NO6S. The van der Waals surface area contributed by atoms with Gasteiger partial charge in [0.2, 0.25) is 0 Å². The molecule has 0 radical (unpaired) electrons. The van der Waals surface area contributed by atoms with Gasteiger partial charge < -0.3 is 19.0 Å². The third-order valence-corrected chi connectivity index (χ3v) is 5.08. The summed E-state index contributed by atoms with van der Waals surface area (Å²) in [6.07, 6.45) is 2.31. The SMILES string of the molecule is O=[N+]([O-])OC1CO[C@@H]2[C@@H](SC3CCCCO3)CO[C@H]12. The summed E-state index contributed by atoms with van der Waals surface area (Å²) in [7, 11) is 0. The minimum Gasteiger partial charge on any atom is -0.372 e. The summed E-state index contributed by atoms with van der Waals surface area (Å²) in [5.41, 5.74) is 0.195. The monoisotopic (exact) mass is 291 g/mol. The quantitative estimate of drug-likeness (QED) is 0.564. The number of rotatable bonds is 4. The van der Waals surface area contributed by atoms with E-state index in [0.717, 1.165) is 19.4 Å². The molecule has 0 saturated carbocycles. The van der Waals surface area contributed by atoms with E-state index in [9.17, 15) is 10.1 Å². The Morgan fingerprint density at radius 2 is 2.00 bits per heavy atom. The largest absolute Gasteiger partial charge is 0.372 e. The molecule has 3 rings (SSSR count). The van der Waals surface area contributed by atoms with Gasteiger partial charge in [-0.1, -0.05) is 0 Å². The van der Waals surface area contributed by atoms with Gasteiger partial charge in [-0.25, -0.2) is 0 Å². The van der Waals surface area contributed by atoms with Crippen molar-refractivity contribution in [3.8, 4) is 0 Å². The molecule has 0 aliphatic carbocycles. The molecule has 0 aromatic carbocycles. The molecule has 3 heterocycles. The first-order valence-electron chi connectivity index (χ1n) is 6.55. The molecule has 8 heteroatoms. The maximum atomic E-state index is 10.4. The fourth-order valence-electron chi connectivity index (χ4n) is 2.76. The molecule has 7 nitrogen and oxygen atoms in total. The molecule has 108 valence electrons. The molecule has 0 aromatic rings. The van der Waals surface area contributed by atoms with Gasteiger partial charge in [-0.05, 0) is 19.3 Å². The van der Waals surface area contributed by atoms with Gasteiger partial charge in [0.25, 0.3) is 5.09 Å². The van der Waals surface area contributed by atoms with E-state index in [-0.39, 0.29) is 29.5 Å². The molecule has 3 aliphatic rings. The van der Waals surface area contributed by atoms with Crippen molar-refractivity contribution in [2.24, 2.45) is 0 Å². The second-order valence-corrected chi connectivity index (χ2v) is 6.34. The highest BCUT2D eigenvalue weighted by Crippen LogP contribution is 2.38. The lowest BCUT2D eigenvalue weighted by Gasteiger charge is -2.26. The normalized spacial score (nSPS) is 42.0. The zero-order valence-electron chi connectivity index (χ0n) is 10.4. The van der Waals surface area contributed by atoms with E-state index < -0.39 is 11.2 Å². The molecule has 0 amide bonds. The van der Waals surface area contributed by atoms with E-state index in [1.807, 2.05) is 0 Å². The van der Waals surface area contributed by atoms with Crippen LogP contribution in [0.3, 0.4) is 0 Å². The molecule has 3 saturated heterocycles. The van der Waals surface area contributed by atoms with Crippen molar-refractivity contribution < 1.29 is 24.1 Å². The molecule has 19 heavy (non-hydrogen) atoms. The zero-order chi connectivity index (χ0) is 13.2. The van der Waals surface area contributed by atoms with Crippen LogP contribution in [-0.4, -0.2) is 53.9 Å². The Morgan fingerprint density at radius 1 is 1.16 bits per heavy atom. The Balaban J connectivity index is 1.54. The molecule has 3 aliphatic heterocycles. The Bertz CT molecular complexity index is 337. The van der Waals surface area contributed by atoms with Crippen LogP contribution in [-0.2, 0) is 19.0 Å². The number of fused-ring (bicyclic) bond motifs is 1. The van der Waals surface area contributed by atoms with Gasteiger partial charge in [0.15, 0.2) is 6.10 Å². The summed E-state index contributed by atoms with van der Waals surface area (Å²) in [6, 6.07) is 0. The van der Waals surface area contributed by atoms with E-state index in [1.165, 1.54) is 6.42 Å². The van der Waals surface area contributed by atoms with E-state index in [1.54, 1.807) is 11.8 Å². The minimum atomic E-state index is -0.773. The number of nitrogens with zero attached hydrogens (tertiary/aromatic N) is 1. The van der Waals surface area contributed by atoms with Crippen LogP contribution in [0, 0.1) is 10.1 Å². The first kappa shape index (κ1) is 13.4. The number of hydrogen-bond acceptors (Lipinski definition) is 7. The average Bonchev–Trinajstić information content (AvgIpc) is 2.95. The van der Waals surface area contributed by atoms with E-state index in [0.29, 0.717) is 6.61 Å². The Labute approximate surface area is 115 Å². The van der Waals surface area contributed by atoms with Gasteiger partial charge >= 0.3 is 0 Å². The van der Waals surface area contributed by atoms with Crippen LogP contribution >= 0.6 is 11.8 Å². The highest BCUT2D eigenvalue weighted by atomic mass is 32.2. The fraction of sp³-hybridized carbons (Fsp3) is 1.00. The van der Waals surface area contributed by atoms with Gasteiger partial charge in [-0.2, -0.15) is 0 Å². The maximum absolute atomic E-state index is 10.4. The predicted molar refractivity (Wildman–Crippen MR) is 66.3 cm³/mol. The second-order valence-electron chi connectivity index (χ2n) is 4.93. The van der Waals surface area contributed by atoms with E-state index in [4.69, 9.17) is 14.2 Å². The van der Waals surface area contributed by atoms with Gasteiger partial charge in [-0.3, -0.25) is 0 Å². The van der Waals surface area contributed by atoms with Crippen LogP contribution in [0.25, 0.3) is 0 Å². The van der Waals surface area contributed by atoms with Crippen molar-refractivity contribution >= 4 is 11.8 Å². The molecular weight excluding hydrogens is 274 g/mol. The van der Waals surface area contributed by atoms with Gasteiger partial charge in [0, 0.05) is 6.61 Å². The van der Waals surface area contributed by atoms with Crippen LogP contribution < -0.4 is 0 Å². The summed E-state index contributed by atoms with van der Waals surface area (Å²) in [6.45, 7) is 1.57. The fourth-order valence-corrected chi connectivity index (χ4v) is 4.17. The lowest BCUT2D eigenvalue weighted by Crippen LogP contribution is -2.34. The summed E-state index contributed by atoms with van der Waals surface area (Å²) < 4.78 is 16.9. The topological polar surface area (TPSA) is 80.1 Å². The Morgan fingerprint density at radius 3 is 2.74 bits per heavy atom. The minimum absolute atomic E-state index is 0.125. The number of thioether (sulfide) groups is 1. The van der Waals surface area contributed by atoms with E-state index >= 15 is 0 Å². The first-order chi connectivity index (χ1) is 9.24. The van der Waals surface area contributed by atoms with Crippen LogP contribution in [0.1, 0.15) is 19.3 Å². The lowest BCUT2D eigenvalue weighted by molar-refractivity contribution is -0.769. The van der Waals surface area contributed by atoms with Crippen molar-refractivity contribution in [3.05, 3.63) is 10.1 Å².